The van der Waals surface area contributed by atoms with E-state index in [1.807, 2.05) is 0 Å². The molecule has 2 rings (SSSR count). The summed E-state index contributed by atoms with van der Waals surface area (Å²) in [6.45, 7) is 4.82. The maximum Gasteiger partial charge on any atom is 0.416 e. The van der Waals surface area contributed by atoms with Crippen molar-refractivity contribution in [1.82, 2.24) is 5.32 Å². The summed E-state index contributed by atoms with van der Waals surface area (Å²) >= 11 is 5.89. The monoisotopic (exact) mass is 500 g/mol. The van der Waals surface area contributed by atoms with Gasteiger partial charge in [0.05, 0.1) is 17.0 Å². The van der Waals surface area contributed by atoms with Crippen molar-refractivity contribution in [2.75, 3.05) is 0 Å². The average molecular weight is 501 g/mol. The molecule has 7 nitrogen and oxygen atoms in total. The van der Waals surface area contributed by atoms with Gasteiger partial charge in [0.15, 0.2) is 0 Å². The highest BCUT2D eigenvalue weighted by molar-refractivity contribution is 6.32. The van der Waals surface area contributed by atoms with Gasteiger partial charge < -0.3 is 20.5 Å². The molecule has 0 bridgehead atoms. The van der Waals surface area contributed by atoms with Gasteiger partial charge in [0.2, 0.25) is 5.91 Å². The summed E-state index contributed by atoms with van der Waals surface area (Å²) in [5.74, 6) is -2.23. The first kappa shape index (κ1) is 27.0. The molecule has 2 amide bonds. The minimum Gasteiger partial charge on any atom is -0.487 e. The van der Waals surface area contributed by atoms with Crippen molar-refractivity contribution in [3.63, 3.8) is 0 Å². The summed E-state index contributed by atoms with van der Waals surface area (Å²) in [6, 6.07) is 7.55. The minimum absolute atomic E-state index is 0.0379. The number of ether oxygens (including phenoxy) is 2. The van der Waals surface area contributed by atoms with Gasteiger partial charge in [-0.1, -0.05) is 23.7 Å². The number of benzene rings is 2. The molecule has 0 fully saturated rings. The Morgan fingerprint density at radius 2 is 1.76 bits per heavy atom. The smallest absolute Gasteiger partial charge is 0.416 e. The van der Waals surface area contributed by atoms with Crippen molar-refractivity contribution < 1.29 is 37.0 Å². The van der Waals surface area contributed by atoms with Crippen LogP contribution in [0.2, 0.25) is 5.02 Å². The van der Waals surface area contributed by atoms with Crippen LogP contribution >= 0.6 is 11.6 Å². The Hall–Kier alpha value is -3.27. The average Bonchev–Trinajstić information content (AvgIpc) is 2.70. The third-order valence-electron chi connectivity index (χ3n) is 4.24. The third kappa shape index (κ3) is 8.26. The summed E-state index contributed by atoms with van der Waals surface area (Å²) in [5, 5.41) is 2.22. The van der Waals surface area contributed by atoms with Gasteiger partial charge in [-0.3, -0.25) is 9.59 Å². The fraction of sp³-hybridized carbons (Fsp3) is 0.348. The quantitative estimate of drug-likeness (QED) is 0.527. The fourth-order valence-corrected chi connectivity index (χ4v) is 3.00. The lowest BCUT2D eigenvalue weighted by Crippen LogP contribution is -2.46. The molecular weight excluding hydrogens is 477 g/mol. The van der Waals surface area contributed by atoms with E-state index in [9.17, 15) is 27.6 Å². The molecule has 11 heteroatoms. The summed E-state index contributed by atoms with van der Waals surface area (Å²) in [6.07, 6.45) is -4.98. The molecule has 1 atom stereocenters. The Bertz CT molecular complexity index is 1070. The number of alkyl halides is 3. The lowest BCUT2D eigenvalue weighted by molar-refractivity contribution is -0.158. The molecular formula is C23H24ClF3N2O5. The number of halogens is 4. The molecule has 0 saturated heterocycles. The zero-order valence-corrected chi connectivity index (χ0v) is 19.4. The number of hydrogen-bond donors (Lipinski definition) is 2. The molecule has 34 heavy (non-hydrogen) atoms. The van der Waals surface area contributed by atoms with Crippen molar-refractivity contribution >= 4 is 29.4 Å². The largest absolute Gasteiger partial charge is 0.487 e. The van der Waals surface area contributed by atoms with Crippen LogP contribution in [0.4, 0.5) is 13.2 Å². The molecule has 0 saturated carbocycles. The Morgan fingerprint density at radius 1 is 1.09 bits per heavy atom. The van der Waals surface area contributed by atoms with Crippen LogP contribution in [0, 0.1) is 0 Å². The van der Waals surface area contributed by atoms with E-state index >= 15 is 0 Å². The van der Waals surface area contributed by atoms with Gasteiger partial charge in [0.25, 0.3) is 5.91 Å². The first-order chi connectivity index (χ1) is 15.7. The molecule has 0 unspecified atom stereocenters. The predicted molar refractivity (Wildman–Crippen MR) is 118 cm³/mol. The second kappa shape index (κ2) is 10.8. The van der Waals surface area contributed by atoms with Crippen LogP contribution in [0.5, 0.6) is 5.75 Å². The Labute approximate surface area is 199 Å². The Balaban J connectivity index is 2.10. The molecule has 0 aliphatic heterocycles. The van der Waals surface area contributed by atoms with Crippen LogP contribution < -0.4 is 15.8 Å². The minimum atomic E-state index is -4.53. The molecule has 2 aromatic rings. The maximum absolute atomic E-state index is 12.8. The van der Waals surface area contributed by atoms with E-state index in [1.54, 1.807) is 32.9 Å². The van der Waals surface area contributed by atoms with Crippen molar-refractivity contribution in [3.05, 3.63) is 64.2 Å². The van der Waals surface area contributed by atoms with Crippen LogP contribution in [0.15, 0.2) is 42.5 Å². The number of rotatable bonds is 8. The van der Waals surface area contributed by atoms with Gasteiger partial charge in [-0.05, 0) is 56.7 Å². The second-order valence-electron chi connectivity index (χ2n) is 8.36. The molecule has 3 N–H and O–H groups in total. The normalized spacial score (nSPS) is 12.6. The standard InChI is InChI=1S/C23H24ClF3N2O5/c1-22(2,3)34-21(32)17(11-19(28)30)29-20(31)14-6-4-5-13(9-14)12-33-18-8-7-15(10-16(18)24)23(25,26)27/h4-10,17H,11-12H2,1-3H3,(H2,28,30)(H,29,31)/t17-/m0/s1. The molecule has 184 valence electrons. The van der Waals surface area contributed by atoms with Gasteiger partial charge in [-0.15, -0.1) is 0 Å². The lowest BCUT2D eigenvalue weighted by Gasteiger charge is -2.24. The van der Waals surface area contributed by atoms with E-state index in [1.165, 1.54) is 12.1 Å². The number of nitrogens with two attached hydrogens (primary N) is 1. The number of carbonyl (C=O) groups excluding carboxylic acids is 3. The van der Waals surface area contributed by atoms with Crippen LogP contribution in [0.1, 0.15) is 48.7 Å². The maximum atomic E-state index is 12.8. The van der Waals surface area contributed by atoms with Gasteiger partial charge in [-0.25, -0.2) is 4.79 Å². The first-order valence-corrected chi connectivity index (χ1v) is 10.4. The number of primary amides is 1. The van der Waals surface area contributed by atoms with E-state index in [-0.39, 0.29) is 22.9 Å². The molecule has 0 aliphatic rings. The van der Waals surface area contributed by atoms with Gasteiger partial charge in [-0.2, -0.15) is 13.2 Å². The van der Waals surface area contributed by atoms with Crippen LogP contribution in [0.25, 0.3) is 0 Å². The van der Waals surface area contributed by atoms with E-state index < -0.39 is 47.6 Å². The number of carbonyl (C=O) groups is 3. The zero-order chi connectivity index (χ0) is 25.7. The molecule has 0 heterocycles. The van der Waals surface area contributed by atoms with Crippen molar-refractivity contribution in [1.29, 1.82) is 0 Å². The van der Waals surface area contributed by atoms with Gasteiger partial charge in [0.1, 0.15) is 24.0 Å². The highest BCUT2D eigenvalue weighted by Crippen LogP contribution is 2.35. The van der Waals surface area contributed by atoms with Crippen molar-refractivity contribution in [2.24, 2.45) is 5.73 Å². The number of nitrogens with one attached hydrogen (secondary N) is 1. The molecule has 0 radical (unpaired) electrons. The number of hydrogen-bond acceptors (Lipinski definition) is 5. The third-order valence-corrected chi connectivity index (χ3v) is 4.54. The molecule has 0 spiro atoms. The van der Waals surface area contributed by atoms with Crippen LogP contribution in [-0.2, 0) is 27.1 Å². The number of esters is 1. The Kier molecular flexibility index (Phi) is 8.55. The van der Waals surface area contributed by atoms with Crippen molar-refractivity contribution in [2.45, 2.75) is 51.6 Å². The summed E-state index contributed by atoms with van der Waals surface area (Å²) in [4.78, 5) is 36.4. The van der Waals surface area contributed by atoms with E-state index in [0.29, 0.717) is 5.56 Å². The molecule has 0 aromatic heterocycles. The van der Waals surface area contributed by atoms with E-state index in [4.69, 9.17) is 26.8 Å². The SMILES string of the molecule is CC(C)(C)OC(=O)[C@H](CC(N)=O)NC(=O)c1cccc(COc2ccc(C(F)(F)F)cc2Cl)c1. The molecule has 0 aliphatic carbocycles. The fourth-order valence-electron chi connectivity index (χ4n) is 2.77. The Morgan fingerprint density at radius 3 is 2.32 bits per heavy atom. The lowest BCUT2D eigenvalue weighted by atomic mass is 10.1. The summed E-state index contributed by atoms with van der Waals surface area (Å²) in [7, 11) is 0. The highest BCUT2D eigenvalue weighted by Gasteiger charge is 2.31. The first-order valence-electron chi connectivity index (χ1n) is 10.1. The summed E-state index contributed by atoms with van der Waals surface area (Å²) in [5.41, 5.74) is 4.10. The predicted octanol–water partition coefficient (Wildman–Crippen LogP) is 4.25. The topological polar surface area (TPSA) is 108 Å². The van der Waals surface area contributed by atoms with E-state index in [2.05, 4.69) is 5.32 Å². The second-order valence-corrected chi connectivity index (χ2v) is 8.77. The molecule has 2 aromatic carbocycles. The van der Waals surface area contributed by atoms with Crippen LogP contribution in [0.3, 0.4) is 0 Å². The summed E-state index contributed by atoms with van der Waals surface area (Å²) < 4.78 is 49.0. The zero-order valence-electron chi connectivity index (χ0n) is 18.7. The van der Waals surface area contributed by atoms with Crippen molar-refractivity contribution in [3.8, 4) is 5.75 Å². The van der Waals surface area contributed by atoms with Gasteiger partial charge >= 0.3 is 12.1 Å². The van der Waals surface area contributed by atoms with E-state index in [0.717, 1.165) is 18.2 Å². The van der Waals surface area contributed by atoms with Gasteiger partial charge in [0, 0.05) is 5.56 Å². The van der Waals surface area contributed by atoms with Crippen LogP contribution in [-0.4, -0.2) is 29.4 Å². The highest BCUT2D eigenvalue weighted by atomic mass is 35.5. The number of amides is 2.